The summed E-state index contributed by atoms with van der Waals surface area (Å²) >= 11 is 0. The van der Waals surface area contributed by atoms with Gasteiger partial charge in [0.15, 0.2) is 0 Å². The minimum Gasteiger partial charge on any atom is -0.378 e. The van der Waals surface area contributed by atoms with Gasteiger partial charge in [-0.25, -0.2) is 9.97 Å². The van der Waals surface area contributed by atoms with Crippen LogP contribution in [0, 0.1) is 0 Å². The molecule has 2 heterocycles. The first kappa shape index (κ1) is 16.8. The highest BCUT2D eigenvalue weighted by molar-refractivity contribution is 5.90. The van der Waals surface area contributed by atoms with Crippen molar-refractivity contribution in [3.63, 3.8) is 0 Å². The van der Waals surface area contributed by atoms with Gasteiger partial charge in [0.05, 0.1) is 18.7 Å². The van der Waals surface area contributed by atoms with Gasteiger partial charge in [0.25, 0.3) is 0 Å². The van der Waals surface area contributed by atoms with E-state index in [1.165, 1.54) is 5.69 Å². The smallest absolute Gasteiger partial charge is 0.142 e. The van der Waals surface area contributed by atoms with Crippen LogP contribution in [0.3, 0.4) is 0 Å². The molecule has 0 saturated carbocycles. The van der Waals surface area contributed by atoms with Gasteiger partial charge >= 0.3 is 0 Å². The Bertz CT molecular complexity index is 886. The highest BCUT2D eigenvalue weighted by Gasteiger charge is 2.12. The molecule has 0 amide bonds. The van der Waals surface area contributed by atoms with Crippen LogP contribution < -0.4 is 10.2 Å². The number of morpholine rings is 1. The predicted octanol–water partition coefficient (Wildman–Crippen LogP) is 4.33. The summed E-state index contributed by atoms with van der Waals surface area (Å²) in [4.78, 5) is 11.8. The molecule has 0 bridgehead atoms. The number of para-hydroxylation sites is 1. The maximum Gasteiger partial charge on any atom is 0.142 e. The fourth-order valence-electron chi connectivity index (χ4n) is 3.16. The molecule has 0 spiro atoms. The van der Waals surface area contributed by atoms with Crippen molar-refractivity contribution in [2.75, 3.05) is 36.5 Å². The number of fused-ring (bicyclic) bond motifs is 1. The van der Waals surface area contributed by atoms with Crippen molar-refractivity contribution in [2.45, 2.75) is 19.8 Å². The first-order valence-electron chi connectivity index (χ1n) is 9.17. The molecule has 1 saturated heterocycles. The van der Waals surface area contributed by atoms with Crippen LogP contribution in [0.2, 0.25) is 0 Å². The van der Waals surface area contributed by atoms with E-state index in [2.05, 4.69) is 59.4 Å². The lowest BCUT2D eigenvalue weighted by Gasteiger charge is -2.29. The van der Waals surface area contributed by atoms with E-state index in [0.717, 1.165) is 54.5 Å². The number of nitrogens with one attached hydrogen (secondary N) is 1. The summed E-state index contributed by atoms with van der Waals surface area (Å²) in [7, 11) is 0. The van der Waals surface area contributed by atoms with Crippen LogP contribution in [-0.2, 0) is 4.74 Å². The first-order valence-corrected chi connectivity index (χ1v) is 9.17. The van der Waals surface area contributed by atoms with E-state index < -0.39 is 0 Å². The number of benzene rings is 2. The summed E-state index contributed by atoms with van der Waals surface area (Å²) in [6, 6.07) is 16.7. The number of rotatable bonds is 4. The van der Waals surface area contributed by atoms with Crippen molar-refractivity contribution in [2.24, 2.45) is 0 Å². The average molecular weight is 348 g/mol. The standard InChI is InChI=1S/C21H24N4O/c1-15(2)20-23-19-6-4-3-5-18(19)21(24-20)22-16-7-9-17(10-8-16)25-11-13-26-14-12-25/h3-10,15H,11-14H2,1-2H3,(H,22,23,24). The zero-order valence-electron chi connectivity index (χ0n) is 15.3. The van der Waals surface area contributed by atoms with E-state index in [4.69, 9.17) is 9.72 Å². The molecule has 5 nitrogen and oxygen atoms in total. The molecule has 3 aromatic rings. The van der Waals surface area contributed by atoms with Crippen molar-refractivity contribution < 1.29 is 4.74 Å². The molecule has 1 aliphatic heterocycles. The molecule has 0 radical (unpaired) electrons. The van der Waals surface area contributed by atoms with Crippen LogP contribution in [0.4, 0.5) is 17.2 Å². The number of hydrogen-bond acceptors (Lipinski definition) is 5. The SMILES string of the molecule is CC(C)c1nc(Nc2ccc(N3CCOCC3)cc2)c2ccccc2n1. The Kier molecular flexibility index (Phi) is 4.71. The predicted molar refractivity (Wildman–Crippen MR) is 106 cm³/mol. The van der Waals surface area contributed by atoms with E-state index in [-0.39, 0.29) is 5.92 Å². The van der Waals surface area contributed by atoms with Gasteiger partial charge in [-0.2, -0.15) is 0 Å². The molecule has 0 unspecified atom stereocenters. The first-order chi connectivity index (χ1) is 12.7. The Hall–Kier alpha value is -2.66. The Morgan fingerprint density at radius 2 is 1.69 bits per heavy atom. The third-order valence-corrected chi connectivity index (χ3v) is 4.64. The Morgan fingerprint density at radius 1 is 0.962 bits per heavy atom. The number of nitrogens with zero attached hydrogens (tertiary/aromatic N) is 3. The molecule has 26 heavy (non-hydrogen) atoms. The highest BCUT2D eigenvalue weighted by Crippen LogP contribution is 2.27. The van der Waals surface area contributed by atoms with Crippen molar-refractivity contribution in [3.8, 4) is 0 Å². The zero-order valence-corrected chi connectivity index (χ0v) is 15.3. The second-order valence-electron chi connectivity index (χ2n) is 6.87. The Morgan fingerprint density at radius 3 is 2.42 bits per heavy atom. The maximum absolute atomic E-state index is 5.43. The number of anilines is 3. The molecular formula is C21H24N4O. The topological polar surface area (TPSA) is 50.3 Å². The van der Waals surface area contributed by atoms with Crippen LogP contribution in [0.5, 0.6) is 0 Å². The van der Waals surface area contributed by atoms with Gasteiger partial charge in [0.1, 0.15) is 11.6 Å². The lowest BCUT2D eigenvalue weighted by molar-refractivity contribution is 0.122. The zero-order chi connectivity index (χ0) is 17.9. The summed E-state index contributed by atoms with van der Waals surface area (Å²) < 4.78 is 5.43. The molecule has 5 heteroatoms. The van der Waals surface area contributed by atoms with Gasteiger partial charge in [-0.3, -0.25) is 0 Å². The van der Waals surface area contributed by atoms with E-state index >= 15 is 0 Å². The second kappa shape index (κ2) is 7.30. The van der Waals surface area contributed by atoms with Gasteiger partial charge in [-0.1, -0.05) is 26.0 Å². The highest BCUT2D eigenvalue weighted by atomic mass is 16.5. The summed E-state index contributed by atoms with van der Waals surface area (Å²) in [6.45, 7) is 7.72. The van der Waals surface area contributed by atoms with Crippen LogP contribution in [0.1, 0.15) is 25.6 Å². The third kappa shape index (κ3) is 3.48. The fraction of sp³-hybridized carbons (Fsp3) is 0.333. The van der Waals surface area contributed by atoms with Gasteiger partial charge < -0.3 is 15.0 Å². The van der Waals surface area contributed by atoms with Crippen LogP contribution >= 0.6 is 0 Å². The van der Waals surface area contributed by atoms with Crippen LogP contribution in [0.15, 0.2) is 48.5 Å². The monoisotopic (exact) mass is 348 g/mol. The van der Waals surface area contributed by atoms with Gasteiger partial charge in [0, 0.05) is 35.8 Å². The van der Waals surface area contributed by atoms with E-state index in [9.17, 15) is 0 Å². The summed E-state index contributed by atoms with van der Waals surface area (Å²) in [5.41, 5.74) is 3.23. The molecule has 0 atom stereocenters. The third-order valence-electron chi connectivity index (χ3n) is 4.64. The van der Waals surface area contributed by atoms with E-state index in [0.29, 0.717) is 0 Å². The minimum absolute atomic E-state index is 0.281. The summed E-state index contributed by atoms with van der Waals surface area (Å²) in [5, 5.41) is 4.51. The normalized spacial score (nSPS) is 14.8. The molecule has 2 aromatic carbocycles. The van der Waals surface area contributed by atoms with Crippen molar-refractivity contribution in [1.29, 1.82) is 0 Å². The number of hydrogen-bond donors (Lipinski definition) is 1. The summed E-state index contributed by atoms with van der Waals surface area (Å²) in [6.07, 6.45) is 0. The van der Waals surface area contributed by atoms with E-state index in [1.54, 1.807) is 0 Å². The Labute approximate surface area is 154 Å². The Balaban J connectivity index is 1.62. The molecular weight excluding hydrogens is 324 g/mol. The van der Waals surface area contributed by atoms with Crippen molar-refractivity contribution in [1.82, 2.24) is 9.97 Å². The lowest BCUT2D eigenvalue weighted by Crippen LogP contribution is -2.36. The quantitative estimate of drug-likeness (QED) is 0.760. The maximum atomic E-state index is 5.43. The van der Waals surface area contributed by atoms with Gasteiger partial charge in [-0.05, 0) is 36.4 Å². The minimum atomic E-state index is 0.281. The fourth-order valence-corrected chi connectivity index (χ4v) is 3.16. The lowest BCUT2D eigenvalue weighted by atomic mass is 10.1. The molecule has 4 rings (SSSR count). The molecule has 1 aliphatic rings. The van der Waals surface area contributed by atoms with E-state index in [1.807, 2.05) is 18.2 Å². The number of ether oxygens (including phenoxy) is 1. The second-order valence-corrected chi connectivity index (χ2v) is 6.87. The summed E-state index contributed by atoms with van der Waals surface area (Å²) in [5.74, 6) is 2.00. The molecule has 134 valence electrons. The van der Waals surface area contributed by atoms with Crippen molar-refractivity contribution in [3.05, 3.63) is 54.4 Å². The molecule has 0 aliphatic carbocycles. The van der Waals surface area contributed by atoms with Crippen LogP contribution in [0.25, 0.3) is 10.9 Å². The average Bonchev–Trinajstić information content (AvgIpc) is 2.69. The molecule has 1 aromatic heterocycles. The van der Waals surface area contributed by atoms with Crippen LogP contribution in [-0.4, -0.2) is 36.3 Å². The largest absolute Gasteiger partial charge is 0.378 e. The van der Waals surface area contributed by atoms with Gasteiger partial charge in [0.2, 0.25) is 0 Å². The number of aromatic nitrogens is 2. The molecule has 1 N–H and O–H groups in total. The molecule has 1 fully saturated rings. The van der Waals surface area contributed by atoms with Crippen molar-refractivity contribution >= 4 is 28.1 Å². The van der Waals surface area contributed by atoms with Gasteiger partial charge in [-0.15, -0.1) is 0 Å².